The minimum absolute atomic E-state index is 0.0203. The zero-order chi connectivity index (χ0) is 14.4. The number of hydrogen-bond acceptors (Lipinski definition) is 3. The predicted molar refractivity (Wildman–Crippen MR) is 82.8 cm³/mol. The van der Waals surface area contributed by atoms with Gasteiger partial charge in [0.05, 0.1) is 5.60 Å². The third-order valence-corrected chi connectivity index (χ3v) is 4.68. The zero-order valence-electron chi connectivity index (χ0n) is 13.1. The Morgan fingerprint density at radius 1 is 1.40 bits per heavy atom. The number of rotatable bonds is 6. The monoisotopic (exact) mass is 276 g/mol. The SMILES string of the molecule is CCOC1(C(Cc2ccccn2)NC)CCC(C)CC1. The van der Waals surface area contributed by atoms with E-state index in [1.807, 2.05) is 19.3 Å². The van der Waals surface area contributed by atoms with Crippen molar-refractivity contribution in [3.05, 3.63) is 30.1 Å². The van der Waals surface area contributed by atoms with Crippen molar-refractivity contribution >= 4 is 0 Å². The van der Waals surface area contributed by atoms with Crippen molar-refractivity contribution in [2.45, 2.75) is 57.6 Å². The Labute approximate surface area is 123 Å². The Morgan fingerprint density at radius 2 is 2.15 bits per heavy atom. The lowest BCUT2D eigenvalue weighted by molar-refractivity contribution is -0.0949. The molecule has 1 N–H and O–H groups in total. The van der Waals surface area contributed by atoms with Crippen LogP contribution in [0.2, 0.25) is 0 Å². The molecule has 1 atom stereocenters. The summed E-state index contributed by atoms with van der Waals surface area (Å²) in [6.07, 6.45) is 7.64. The molecule has 1 unspecified atom stereocenters. The van der Waals surface area contributed by atoms with E-state index in [2.05, 4.69) is 36.3 Å². The molecule has 1 saturated carbocycles. The molecule has 0 spiro atoms. The molecule has 0 aromatic carbocycles. The van der Waals surface area contributed by atoms with E-state index in [0.29, 0.717) is 6.04 Å². The van der Waals surface area contributed by atoms with Crippen molar-refractivity contribution in [1.82, 2.24) is 10.3 Å². The summed E-state index contributed by atoms with van der Waals surface area (Å²) >= 11 is 0. The highest BCUT2D eigenvalue weighted by Gasteiger charge is 2.41. The molecule has 2 rings (SSSR count). The average Bonchev–Trinajstić information content (AvgIpc) is 2.49. The van der Waals surface area contributed by atoms with Gasteiger partial charge in [0.25, 0.3) is 0 Å². The molecule has 112 valence electrons. The molecule has 0 saturated heterocycles. The highest BCUT2D eigenvalue weighted by molar-refractivity contribution is 5.09. The molecular formula is C17H28N2O. The van der Waals surface area contributed by atoms with E-state index in [4.69, 9.17) is 4.74 Å². The molecular weight excluding hydrogens is 248 g/mol. The van der Waals surface area contributed by atoms with Crippen LogP contribution in [0.25, 0.3) is 0 Å². The number of nitrogens with one attached hydrogen (secondary N) is 1. The van der Waals surface area contributed by atoms with Gasteiger partial charge in [-0.05, 0) is 57.7 Å². The average molecular weight is 276 g/mol. The van der Waals surface area contributed by atoms with Gasteiger partial charge in [-0.15, -0.1) is 0 Å². The van der Waals surface area contributed by atoms with Gasteiger partial charge in [0.15, 0.2) is 0 Å². The Bertz CT molecular complexity index is 385. The van der Waals surface area contributed by atoms with Crippen LogP contribution in [-0.2, 0) is 11.2 Å². The van der Waals surface area contributed by atoms with Crippen molar-refractivity contribution < 1.29 is 4.74 Å². The van der Waals surface area contributed by atoms with Crippen LogP contribution in [0.4, 0.5) is 0 Å². The number of likely N-dealkylation sites (N-methyl/N-ethyl adjacent to an activating group) is 1. The summed E-state index contributed by atoms with van der Waals surface area (Å²) in [6, 6.07) is 6.48. The van der Waals surface area contributed by atoms with Gasteiger partial charge in [0.1, 0.15) is 0 Å². The highest BCUT2D eigenvalue weighted by Crippen LogP contribution is 2.38. The van der Waals surface area contributed by atoms with Crippen LogP contribution in [0, 0.1) is 5.92 Å². The fraction of sp³-hybridized carbons (Fsp3) is 0.706. The summed E-state index contributed by atoms with van der Waals surface area (Å²) in [5, 5.41) is 3.50. The maximum absolute atomic E-state index is 6.25. The van der Waals surface area contributed by atoms with Gasteiger partial charge in [-0.25, -0.2) is 0 Å². The van der Waals surface area contributed by atoms with E-state index >= 15 is 0 Å². The molecule has 1 heterocycles. The van der Waals surface area contributed by atoms with Crippen LogP contribution in [0.3, 0.4) is 0 Å². The van der Waals surface area contributed by atoms with Gasteiger partial charge in [0, 0.05) is 31.0 Å². The second-order valence-electron chi connectivity index (χ2n) is 6.05. The molecule has 0 amide bonds. The molecule has 1 aromatic heterocycles. The van der Waals surface area contributed by atoms with Gasteiger partial charge in [-0.3, -0.25) is 4.98 Å². The van der Waals surface area contributed by atoms with E-state index in [-0.39, 0.29) is 5.60 Å². The Hall–Kier alpha value is -0.930. The molecule has 1 aliphatic rings. The molecule has 20 heavy (non-hydrogen) atoms. The van der Waals surface area contributed by atoms with Crippen LogP contribution >= 0.6 is 0 Å². The number of nitrogens with zero attached hydrogens (tertiary/aromatic N) is 1. The summed E-state index contributed by atoms with van der Waals surface area (Å²) < 4.78 is 6.25. The summed E-state index contributed by atoms with van der Waals surface area (Å²) in [7, 11) is 2.05. The third kappa shape index (κ3) is 3.58. The molecule has 1 aromatic rings. The molecule has 3 nitrogen and oxygen atoms in total. The zero-order valence-corrected chi connectivity index (χ0v) is 13.1. The summed E-state index contributed by atoms with van der Waals surface area (Å²) in [5.41, 5.74) is 1.12. The van der Waals surface area contributed by atoms with Crippen molar-refractivity contribution in [1.29, 1.82) is 0 Å². The van der Waals surface area contributed by atoms with Crippen molar-refractivity contribution in [2.24, 2.45) is 5.92 Å². The first-order chi connectivity index (χ1) is 9.70. The molecule has 1 aliphatic carbocycles. The quantitative estimate of drug-likeness (QED) is 0.866. The van der Waals surface area contributed by atoms with Crippen LogP contribution in [0.1, 0.15) is 45.2 Å². The van der Waals surface area contributed by atoms with Crippen LogP contribution in [0.5, 0.6) is 0 Å². The first-order valence-corrected chi connectivity index (χ1v) is 7.91. The van der Waals surface area contributed by atoms with E-state index in [9.17, 15) is 0 Å². The summed E-state index contributed by atoms with van der Waals surface area (Å²) in [6.45, 7) is 5.24. The normalized spacial score (nSPS) is 28.2. The van der Waals surface area contributed by atoms with Crippen molar-refractivity contribution in [3.63, 3.8) is 0 Å². The summed E-state index contributed by atoms with van der Waals surface area (Å²) in [5.74, 6) is 0.830. The standard InChI is InChI=1S/C17H28N2O/c1-4-20-17(10-8-14(2)9-11-17)16(18-3)13-15-7-5-6-12-19-15/h5-7,12,14,16,18H,4,8-11,13H2,1-3H3. The smallest absolute Gasteiger partial charge is 0.0838 e. The maximum Gasteiger partial charge on any atom is 0.0838 e. The van der Waals surface area contributed by atoms with Gasteiger partial charge in [-0.1, -0.05) is 13.0 Å². The Morgan fingerprint density at radius 3 is 2.70 bits per heavy atom. The lowest BCUT2D eigenvalue weighted by Gasteiger charge is -2.44. The van der Waals surface area contributed by atoms with E-state index in [0.717, 1.165) is 37.5 Å². The summed E-state index contributed by atoms with van der Waals surface area (Å²) in [4.78, 5) is 4.47. The Kier molecular flexibility index (Phi) is 5.55. The first-order valence-electron chi connectivity index (χ1n) is 7.91. The van der Waals surface area contributed by atoms with E-state index in [1.54, 1.807) is 0 Å². The molecule has 0 bridgehead atoms. The van der Waals surface area contributed by atoms with Gasteiger partial charge >= 0.3 is 0 Å². The predicted octanol–water partition coefficient (Wildman–Crippen LogP) is 3.20. The van der Waals surface area contributed by atoms with Crippen LogP contribution in [-0.4, -0.2) is 30.3 Å². The lowest BCUT2D eigenvalue weighted by Crippen LogP contribution is -2.54. The number of aromatic nitrogens is 1. The minimum Gasteiger partial charge on any atom is -0.374 e. The van der Waals surface area contributed by atoms with Gasteiger partial charge in [0.2, 0.25) is 0 Å². The van der Waals surface area contributed by atoms with Gasteiger partial charge < -0.3 is 10.1 Å². The molecule has 0 radical (unpaired) electrons. The number of pyridine rings is 1. The largest absolute Gasteiger partial charge is 0.374 e. The van der Waals surface area contributed by atoms with Crippen LogP contribution in [0.15, 0.2) is 24.4 Å². The second kappa shape index (κ2) is 7.19. The lowest BCUT2D eigenvalue weighted by atomic mass is 9.74. The van der Waals surface area contributed by atoms with Crippen LogP contribution < -0.4 is 5.32 Å². The minimum atomic E-state index is -0.0203. The fourth-order valence-electron chi connectivity index (χ4n) is 3.41. The highest BCUT2D eigenvalue weighted by atomic mass is 16.5. The number of hydrogen-bond donors (Lipinski definition) is 1. The molecule has 3 heteroatoms. The van der Waals surface area contributed by atoms with Gasteiger partial charge in [-0.2, -0.15) is 0 Å². The fourth-order valence-corrected chi connectivity index (χ4v) is 3.41. The maximum atomic E-state index is 6.25. The number of ether oxygens (including phenoxy) is 1. The topological polar surface area (TPSA) is 34.1 Å². The van der Waals surface area contributed by atoms with E-state index < -0.39 is 0 Å². The Balaban J connectivity index is 2.13. The first kappa shape index (κ1) is 15.5. The van der Waals surface area contributed by atoms with Crippen molar-refractivity contribution in [3.8, 4) is 0 Å². The molecule has 1 fully saturated rings. The van der Waals surface area contributed by atoms with Crippen molar-refractivity contribution in [2.75, 3.05) is 13.7 Å². The van der Waals surface area contributed by atoms with E-state index in [1.165, 1.54) is 12.8 Å². The second-order valence-corrected chi connectivity index (χ2v) is 6.05. The third-order valence-electron chi connectivity index (χ3n) is 4.68. The molecule has 0 aliphatic heterocycles.